The average Bonchev–Trinajstić information content (AvgIpc) is 3.49. The molecular formula is C29H31N5S. The Kier molecular flexibility index (Phi) is 6.31. The molecule has 4 aromatic rings. The summed E-state index contributed by atoms with van der Waals surface area (Å²) in [7, 11) is 4.11. The van der Waals surface area contributed by atoms with Gasteiger partial charge in [-0.05, 0) is 84.4 Å². The van der Waals surface area contributed by atoms with Crippen molar-refractivity contribution in [2.24, 2.45) is 0 Å². The molecule has 5 rings (SSSR count). The summed E-state index contributed by atoms with van der Waals surface area (Å²) in [6, 6.07) is 27.6. The van der Waals surface area contributed by atoms with Crippen molar-refractivity contribution < 1.29 is 0 Å². The lowest BCUT2D eigenvalue weighted by atomic mass is 9.99. The van der Waals surface area contributed by atoms with Crippen molar-refractivity contribution >= 4 is 28.7 Å². The molecule has 0 bridgehead atoms. The number of aromatic nitrogens is 2. The van der Waals surface area contributed by atoms with Crippen molar-refractivity contribution in [1.82, 2.24) is 14.9 Å². The van der Waals surface area contributed by atoms with Crippen LogP contribution in [-0.4, -0.2) is 28.8 Å². The lowest BCUT2D eigenvalue weighted by molar-refractivity contribution is 0.549. The normalized spacial score (nSPS) is 17.6. The molecule has 0 aliphatic carbocycles. The van der Waals surface area contributed by atoms with E-state index in [1.54, 1.807) is 0 Å². The highest BCUT2D eigenvalue weighted by Gasteiger charge is 2.42. The number of hydrogen-bond donors (Lipinski definition) is 1. The van der Waals surface area contributed by atoms with E-state index in [1.165, 1.54) is 11.3 Å². The average molecular weight is 482 g/mol. The Hall–Kier alpha value is -3.64. The standard InChI is InChI=1S/C29H31N5S/c1-20(2)21-10-12-24(13-11-21)34-28(27(31-29(34)35)25-8-5-6-18-30-25)26-9-7-19-33(26)23-16-14-22(15-17-23)32(3)4/h5-20,27-28H,1-4H3,(H,31,35)/t27-,28+/m1/s1. The third-order valence-electron chi connectivity index (χ3n) is 6.66. The number of nitrogens with zero attached hydrogens (tertiary/aromatic N) is 4. The molecule has 0 unspecified atom stereocenters. The molecule has 1 fully saturated rings. The van der Waals surface area contributed by atoms with Gasteiger partial charge in [0.25, 0.3) is 0 Å². The van der Waals surface area contributed by atoms with E-state index < -0.39 is 0 Å². The minimum absolute atomic E-state index is 0.0641. The van der Waals surface area contributed by atoms with Gasteiger partial charge in [-0.1, -0.05) is 32.0 Å². The number of anilines is 2. The molecule has 2 aromatic carbocycles. The van der Waals surface area contributed by atoms with Gasteiger partial charge in [0.15, 0.2) is 5.11 Å². The second kappa shape index (κ2) is 9.55. The highest BCUT2D eigenvalue weighted by Crippen LogP contribution is 2.42. The third-order valence-corrected chi connectivity index (χ3v) is 6.98. The van der Waals surface area contributed by atoms with Gasteiger partial charge in [0.05, 0.1) is 11.7 Å². The number of hydrogen-bond acceptors (Lipinski definition) is 3. The minimum atomic E-state index is -0.0804. The van der Waals surface area contributed by atoms with Crippen molar-refractivity contribution in [2.45, 2.75) is 31.8 Å². The van der Waals surface area contributed by atoms with E-state index in [2.05, 4.69) is 121 Å². The lowest BCUT2D eigenvalue weighted by Crippen LogP contribution is -2.30. The smallest absolute Gasteiger partial charge is 0.174 e. The molecule has 1 aliphatic rings. The van der Waals surface area contributed by atoms with Gasteiger partial charge < -0.3 is 19.7 Å². The molecule has 0 spiro atoms. The summed E-state index contributed by atoms with van der Waals surface area (Å²) in [5.41, 5.74) is 6.79. The Morgan fingerprint density at radius 1 is 0.886 bits per heavy atom. The zero-order valence-corrected chi connectivity index (χ0v) is 21.4. The SMILES string of the molecule is CC(C)c1ccc(N2C(=S)N[C@H](c3ccccn3)[C@@H]2c2cccn2-c2ccc(N(C)C)cc2)cc1. The van der Waals surface area contributed by atoms with E-state index >= 15 is 0 Å². The molecule has 0 saturated carbocycles. The minimum Gasteiger partial charge on any atom is -0.378 e. The fourth-order valence-corrected chi connectivity index (χ4v) is 5.08. The Morgan fingerprint density at radius 2 is 1.60 bits per heavy atom. The van der Waals surface area contributed by atoms with E-state index in [-0.39, 0.29) is 12.1 Å². The van der Waals surface area contributed by atoms with Crippen LogP contribution in [0.5, 0.6) is 0 Å². The molecule has 178 valence electrons. The van der Waals surface area contributed by atoms with Gasteiger partial charge in [0.1, 0.15) is 6.04 Å². The van der Waals surface area contributed by atoms with Crippen molar-refractivity contribution in [3.63, 3.8) is 0 Å². The molecule has 35 heavy (non-hydrogen) atoms. The van der Waals surface area contributed by atoms with Crippen LogP contribution in [0.4, 0.5) is 11.4 Å². The molecule has 5 nitrogen and oxygen atoms in total. The first kappa shape index (κ1) is 23.1. The number of nitrogens with one attached hydrogen (secondary N) is 1. The van der Waals surface area contributed by atoms with Crippen molar-refractivity contribution in [3.8, 4) is 5.69 Å². The Labute approximate surface area is 213 Å². The van der Waals surface area contributed by atoms with Gasteiger partial charge in [-0.25, -0.2) is 0 Å². The summed E-state index contributed by atoms with van der Waals surface area (Å²) in [5.74, 6) is 0.479. The molecule has 0 radical (unpaired) electrons. The van der Waals surface area contributed by atoms with E-state index in [4.69, 9.17) is 17.2 Å². The van der Waals surface area contributed by atoms with Gasteiger partial charge in [-0.3, -0.25) is 4.98 Å². The Bertz CT molecular complexity index is 1290. The maximum absolute atomic E-state index is 5.91. The van der Waals surface area contributed by atoms with E-state index in [0.717, 1.165) is 22.8 Å². The largest absolute Gasteiger partial charge is 0.378 e. The molecular weight excluding hydrogens is 450 g/mol. The van der Waals surface area contributed by atoms with Gasteiger partial charge >= 0.3 is 0 Å². The summed E-state index contributed by atoms with van der Waals surface area (Å²) >= 11 is 5.91. The first-order valence-electron chi connectivity index (χ1n) is 12.0. The predicted molar refractivity (Wildman–Crippen MR) is 149 cm³/mol. The fourth-order valence-electron chi connectivity index (χ4n) is 4.73. The zero-order valence-electron chi connectivity index (χ0n) is 20.6. The van der Waals surface area contributed by atoms with Crippen molar-refractivity contribution in [2.75, 3.05) is 23.9 Å². The number of rotatable bonds is 6. The molecule has 1 saturated heterocycles. The van der Waals surface area contributed by atoms with Crippen LogP contribution < -0.4 is 15.1 Å². The zero-order chi connectivity index (χ0) is 24.5. The maximum atomic E-state index is 5.91. The molecule has 3 heterocycles. The molecule has 1 aliphatic heterocycles. The molecule has 2 atom stereocenters. The van der Waals surface area contributed by atoms with E-state index in [9.17, 15) is 0 Å². The lowest BCUT2D eigenvalue weighted by Gasteiger charge is -2.29. The van der Waals surface area contributed by atoms with Gasteiger partial charge in [-0.2, -0.15) is 0 Å². The van der Waals surface area contributed by atoms with Crippen LogP contribution in [-0.2, 0) is 0 Å². The first-order chi connectivity index (χ1) is 16.9. The molecule has 2 aromatic heterocycles. The Morgan fingerprint density at radius 3 is 2.23 bits per heavy atom. The summed E-state index contributed by atoms with van der Waals surface area (Å²) in [4.78, 5) is 9.04. The number of pyridine rings is 1. The monoisotopic (exact) mass is 481 g/mol. The van der Waals surface area contributed by atoms with Gasteiger partial charge in [0, 0.05) is 49.2 Å². The summed E-state index contributed by atoms with van der Waals surface area (Å²) < 4.78 is 2.26. The van der Waals surface area contributed by atoms with E-state index in [1.807, 2.05) is 18.3 Å². The van der Waals surface area contributed by atoms with Crippen LogP contribution in [0.3, 0.4) is 0 Å². The van der Waals surface area contributed by atoms with Crippen LogP contribution in [0.1, 0.15) is 48.8 Å². The Balaban J connectivity index is 1.61. The number of thiocarbonyl (C=S) groups is 1. The molecule has 0 amide bonds. The maximum Gasteiger partial charge on any atom is 0.174 e. The number of benzene rings is 2. The summed E-state index contributed by atoms with van der Waals surface area (Å²) in [6.45, 7) is 4.43. The van der Waals surface area contributed by atoms with E-state index in [0.29, 0.717) is 11.0 Å². The quantitative estimate of drug-likeness (QED) is 0.330. The summed E-state index contributed by atoms with van der Waals surface area (Å²) in [6.07, 6.45) is 3.97. The third kappa shape index (κ3) is 4.42. The topological polar surface area (TPSA) is 36.3 Å². The second-order valence-corrected chi connectivity index (χ2v) is 9.84. The fraction of sp³-hybridized carbons (Fsp3) is 0.241. The van der Waals surface area contributed by atoms with Crippen LogP contribution in [0, 0.1) is 0 Å². The predicted octanol–water partition coefficient (Wildman–Crippen LogP) is 6.24. The molecule has 6 heteroatoms. The van der Waals surface area contributed by atoms with Crippen LogP contribution in [0.15, 0.2) is 91.3 Å². The van der Waals surface area contributed by atoms with Gasteiger partial charge in [0.2, 0.25) is 0 Å². The second-order valence-electron chi connectivity index (χ2n) is 9.46. The molecule has 1 N–H and O–H groups in total. The van der Waals surface area contributed by atoms with Gasteiger partial charge in [-0.15, -0.1) is 0 Å². The van der Waals surface area contributed by atoms with Crippen LogP contribution in [0.2, 0.25) is 0 Å². The first-order valence-corrected chi connectivity index (χ1v) is 12.4. The summed E-state index contributed by atoms with van der Waals surface area (Å²) in [5, 5.41) is 4.28. The van der Waals surface area contributed by atoms with Crippen LogP contribution in [0.25, 0.3) is 5.69 Å². The highest BCUT2D eigenvalue weighted by atomic mass is 32.1. The van der Waals surface area contributed by atoms with Crippen molar-refractivity contribution in [1.29, 1.82) is 0 Å². The highest BCUT2D eigenvalue weighted by molar-refractivity contribution is 7.80. The van der Waals surface area contributed by atoms with Crippen molar-refractivity contribution in [3.05, 3.63) is 108 Å². The van der Waals surface area contributed by atoms with Crippen LogP contribution >= 0.6 is 12.2 Å².